The molecule has 0 atom stereocenters. The first-order valence-corrected chi connectivity index (χ1v) is 6.61. The van der Waals surface area contributed by atoms with Gasteiger partial charge in [0.25, 0.3) is 0 Å². The Morgan fingerprint density at radius 2 is 2.12 bits per heavy atom. The zero-order chi connectivity index (χ0) is 12.5. The Labute approximate surface area is 103 Å². The molecule has 1 N–H and O–H groups in total. The zero-order valence-electron chi connectivity index (χ0n) is 9.53. The number of hydrogen-bond donors (Lipinski definition) is 1. The quantitative estimate of drug-likeness (QED) is 0.819. The lowest BCUT2D eigenvalue weighted by Gasteiger charge is -2.14. The minimum absolute atomic E-state index is 0.363. The number of nitrogens with one attached hydrogen (secondary N) is 1. The first kappa shape index (κ1) is 12.6. The van der Waals surface area contributed by atoms with Gasteiger partial charge in [0.05, 0.1) is 5.56 Å². The Morgan fingerprint density at radius 3 is 2.76 bits per heavy atom. The molecule has 0 aliphatic carbocycles. The topological polar surface area (TPSA) is 12.0 Å². The van der Waals surface area contributed by atoms with Gasteiger partial charge in [0, 0.05) is 17.1 Å². The van der Waals surface area contributed by atoms with E-state index in [1.807, 2.05) is 6.92 Å². The van der Waals surface area contributed by atoms with Gasteiger partial charge in [-0.1, -0.05) is 6.92 Å². The normalized spacial score (nSPS) is 14.6. The molecule has 0 unspecified atom stereocenters. The molecule has 0 bridgehead atoms. The number of halogens is 3. The largest absolute Gasteiger partial charge is 0.417 e. The molecule has 1 aromatic carbocycles. The smallest absolute Gasteiger partial charge is 0.384 e. The van der Waals surface area contributed by atoms with E-state index < -0.39 is 11.7 Å². The van der Waals surface area contributed by atoms with E-state index in [1.54, 1.807) is 6.07 Å². The van der Waals surface area contributed by atoms with E-state index in [9.17, 15) is 13.2 Å². The van der Waals surface area contributed by atoms with Crippen molar-refractivity contribution in [3.05, 3.63) is 23.3 Å². The van der Waals surface area contributed by atoms with Crippen LogP contribution in [0.15, 0.2) is 17.0 Å². The van der Waals surface area contributed by atoms with Crippen LogP contribution in [0.3, 0.4) is 0 Å². The molecule has 1 aromatic rings. The summed E-state index contributed by atoms with van der Waals surface area (Å²) in [6, 6.07) is 2.94. The van der Waals surface area contributed by atoms with Gasteiger partial charge >= 0.3 is 6.18 Å². The average molecular weight is 261 g/mol. The second kappa shape index (κ2) is 4.80. The summed E-state index contributed by atoms with van der Waals surface area (Å²) in [4.78, 5) is 0.363. The first-order valence-electron chi connectivity index (χ1n) is 5.63. The van der Waals surface area contributed by atoms with Crippen LogP contribution >= 0.6 is 11.8 Å². The SMILES string of the molecule is CCCSc1cc2c(cc1C(F)(F)F)NCC2. The lowest BCUT2D eigenvalue weighted by atomic mass is 10.1. The van der Waals surface area contributed by atoms with Gasteiger partial charge in [-0.15, -0.1) is 11.8 Å². The van der Waals surface area contributed by atoms with Crippen molar-refractivity contribution < 1.29 is 13.2 Å². The Balaban J connectivity index is 2.40. The van der Waals surface area contributed by atoms with Crippen LogP contribution in [0.4, 0.5) is 18.9 Å². The average Bonchev–Trinajstić information content (AvgIpc) is 2.70. The maximum atomic E-state index is 12.9. The number of alkyl halides is 3. The first-order chi connectivity index (χ1) is 8.02. The zero-order valence-corrected chi connectivity index (χ0v) is 10.3. The molecular weight excluding hydrogens is 247 g/mol. The highest BCUT2D eigenvalue weighted by Gasteiger charge is 2.34. The van der Waals surface area contributed by atoms with Gasteiger partial charge in [0.1, 0.15) is 0 Å². The molecule has 0 fully saturated rings. The highest BCUT2D eigenvalue weighted by molar-refractivity contribution is 7.99. The summed E-state index contributed by atoms with van der Waals surface area (Å²) in [6.07, 6.45) is -2.58. The molecule has 2 rings (SSSR count). The molecule has 0 radical (unpaired) electrons. The number of hydrogen-bond acceptors (Lipinski definition) is 2. The van der Waals surface area contributed by atoms with E-state index in [-0.39, 0.29) is 0 Å². The van der Waals surface area contributed by atoms with E-state index in [2.05, 4.69) is 5.32 Å². The molecular formula is C12H14F3NS. The molecule has 0 amide bonds. The van der Waals surface area contributed by atoms with Crippen molar-refractivity contribution in [2.75, 3.05) is 17.6 Å². The molecule has 5 heteroatoms. The van der Waals surface area contributed by atoms with Crippen LogP contribution in [0, 0.1) is 0 Å². The van der Waals surface area contributed by atoms with Crippen molar-refractivity contribution >= 4 is 17.4 Å². The third kappa shape index (κ3) is 2.70. The van der Waals surface area contributed by atoms with Crippen LogP contribution in [0.5, 0.6) is 0 Å². The minimum atomic E-state index is -4.27. The second-order valence-corrected chi connectivity index (χ2v) is 5.17. The fourth-order valence-electron chi connectivity index (χ4n) is 1.88. The summed E-state index contributed by atoms with van der Waals surface area (Å²) in [5.41, 5.74) is 1.12. The van der Waals surface area contributed by atoms with Gasteiger partial charge in [-0.25, -0.2) is 0 Å². The van der Waals surface area contributed by atoms with Crippen LogP contribution in [0.1, 0.15) is 24.5 Å². The number of benzene rings is 1. The van der Waals surface area contributed by atoms with Crippen molar-refractivity contribution in [3.8, 4) is 0 Å². The van der Waals surface area contributed by atoms with Crippen molar-refractivity contribution in [1.82, 2.24) is 0 Å². The van der Waals surface area contributed by atoms with E-state index in [0.29, 0.717) is 10.6 Å². The van der Waals surface area contributed by atoms with Gasteiger partial charge < -0.3 is 5.32 Å². The lowest BCUT2D eigenvalue weighted by molar-refractivity contribution is -0.139. The summed E-state index contributed by atoms with van der Waals surface area (Å²) in [5.74, 6) is 0.718. The molecule has 94 valence electrons. The molecule has 0 saturated carbocycles. The third-order valence-electron chi connectivity index (χ3n) is 2.68. The van der Waals surface area contributed by atoms with Gasteiger partial charge in [0.15, 0.2) is 0 Å². The summed E-state index contributed by atoms with van der Waals surface area (Å²) in [7, 11) is 0. The van der Waals surface area contributed by atoms with Crippen LogP contribution in [0.25, 0.3) is 0 Å². The van der Waals surface area contributed by atoms with Crippen molar-refractivity contribution in [3.63, 3.8) is 0 Å². The van der Waals surface area contributed by atoms with Crippen LogP contribution in [0.2, 0.25) is 0 Å². The molecule has 1 heterocycles. The fraction of sp³-hybridized carbons (Fsp3) is 0.500. The van der Waals surface area contributed by atoms with E-state index in [0.717, 1.165) is 30.7 Å². The number of rotatable bonds is 3. The maximum Gasteiger partial charge on any atom is 0.417 e. The van der Waals surface area contributed by atoms with Gasteiger partial charge in [-0.2, -0.15) is 13.2 Å². The summed E-state index contributed by atoms with van der Waals surface area (Å²) in [5, 5.41) is 2.99. The number of fused-ring (bicyclic) bond motifs is 1. The molecule has 0 aromatic heterocycles. The lowest BCUT2D eigenvalue weighted by Crippen LogP contribution is -2.08. The molecule has 1 aliphatic heterocycles. The van der Waals surface area contributed by atoms with E-state index in [4.69, 9.17) is 0 Å². The summed E-state index contributed by atoms with van der Waals surface area (Å²) in [6.45, 7) is 2.70. The monoisotopic (exact) mass is 261 g/mol. The van der Waals surface area contributed by atoms with Crippen LogP contribution in [-0.2, 0) is 12.6 Å². The minimum Gasteiger partial charge on any atom is -0.384 e. The Bertz CT molecular complexity index is 415. The maximum absolute atomic E-state index is 12.9. The molecule has 0 spiro atoms. The van der Waals surface area contributed by atoms with Crippen LogP contribution in [-0.4, -0.2) is 12.3 Å². The highest BCUT2D eigenvalue weighted by Crippen LogP contribution is 2.40. The predicted molar refractivity (Wildman–Crippen MR) is 64.7 cm³/mol. The summed E-state index contributed by atoms with van der Waals surface area (Å²) >= 11 is 1.29. The van der Waals surface area contributed by atoms with Crippen molar-refractivity contribution in [2.24, 2.45) is 0 Å². The number of anilines is 1. The van der Waals surface area contributed by atoms with Gasteiger partial charge in [0.2, 0.25) is 0 Å². The van der Waals surface area contributed by atoms with Crippen molar-refractivity contribution in [1.29, 1.82) is 0 Å². The standard InChI is InChI=1S/C12H14F3NS/c1-2-5-17-11-6-8-3-4-16-10(8)7-9(11)12(13,14)15/h6-7,16H,2-5H2,1H3. The third-order valence-corrected chi connectivity index (χ3v) is 3.94. The Morgan fingerprint density at radius 1 is 1.35 bits per heavy atom. The molecule has 1 aliphatic rings. The Hall–Kier alpha value is -0.840. The molecule has 0 saturated heterocycles. The predicted octanol–water partition coefficient (Wildman–Crippen LogP) is 4.18. The second-order valence-electron chi connectivity index (χ2n) is 4.03. The van der Waals surface area contributed by atoms with Gasteiger partial charge in [-0.05, 0) is 36.3 Å². The number of thioether (sulfide) groups is 1. The highest BCUT2D eigenvalue weighted by atomic mass is 32.2. The Kier molecular flexibility index (Phi) is 3.56. The summed E-state index contributed by atoms with van der Waals surface area (Å²) < 4.78 is 38.7. The molecule has 17 heavy (non-hydrogen) atoms. The van der Waals surface area contributed by atoms with Crippen molar-refractivity contribution in [2.45, 2.75) is 30.8 Å². The van der Waals surface area contributed by atoms with E-state index in [1.165, 1.54) is 17.8 Å². The molecule has 1 nitrogen and oxygen atoms in total. The fourth-order valence-corrected chi connectivity index (χ4v) is 2.86. The van der Waals surface area contributed by atoms with E-state index >= 15 is 0 Å². The van der Waals surface area contributed by atoms with Crippen LogP contribution < -0.4 is 5.32 Å². The van der Waals surface area contributed by atoms with Gasteiger partial charge in [-0.3, -0.25) is 0 Å².